The number of nitrogens with zero attached hydrogens (tertiary/aromatic N) is 1. The van der Waals surface area contributed by atoms with Gasteiger partial charge in [0, 0.05) is 13.1 Å². The van der Waals surface area contributed by atoms with E-state index in [9.17, 15) is 28.8 Å². The number of ether oxygens (including phenoxy) is 1. The predicted octanol–water partition coefficient (Wildman–Crippen LogP) is 1.93. The van der Waals surface area contributed by atoms with Gasteiger partial charge in [-0.25, -0.2) is 9.59 Å². The van der Waals surface area contributed by atoms with Gasteiger partial charge in [0.05, 0.1) is 12.6 Å². The Morgan fingerprint density at radius 1 is 0.978 bits per heavy atom. The minimum Gasteiger partial charge on any atom is -0.449 e. The topological polar surface area (TPSA) is 189 Å². The number of hydrogen-bond donors (Lipinski definition) is 5. The van der Waals surface area contributed by atoms with Crippen molar-refractivity contribution in [3.05, 3.63) is 0 Å². The predicted molar refractivity (Wildman–Crippen MR) is 167 cm³/mol. The van der Waals surface area contributed by atoms with Crippen LogP contribution < -0.4 is 27.0 Å². The quantitative estimate of drug-likeness (QED) is 0.191. The molecule has 6 atom stereocenters. The van der Waals surface area contributed by atoms with Gasteiger partial charge in [-0.3, -0.25) is 19.2 Å². The van der Waals surface area contributed by atoms with E-state index in [-0.39, 0.29) is 48.2 Å². The average Bonchev–Trinajstić information content (AvgIpc) is 3.21. The van der Waals surface area contributed by atoms with Gasteiger partial charge in [0.25, 0.3) is 5.91 Å². The fraction of sp³-hybridized carbons (Fsp3) is 0.812. The number of primary amides is 1. The molecule has 2 aliphatic carbocycles. The molecule has 1 saturated heterocycles. The zero-order valence-electron chi connectivity index (χ0n) is 28.3. The fourth-order valence-corrected chi connectivity index (χ4v) is 6.47. The number of nitrogens with one attached hydrogen (secondary N) is 4. The van der Waals surface area contributed by atoms with Gasteiger partial charge < -0.3 is 36.6 Å². The molecule has 0 spiro atoms. The van der Waals surface area contributed by atoms with Crippen LogP contribution in [0.4, 0.5) is 9.59 Å². The number of nitrogens with two attached hydrogens (primary N) is 1. The van der Waals surface area contributed by atoms with E-state index in [4.69, 9.17) is 10.5 Å². The monoisotopic (exact) mass is 634 g/mol. The van der Waals surface area contributed by atoms with Crippen molar-refractivity contribution in [2.75, 3.05) is 19.7 Å². The van der Waals surface area contributed by atoms with Gasteiger partial charge in [0.2, 0.25) is 17.6 Å². The number of piperidine rings is 1. The van der Waals surface area contributed by atoms with Crippen molar-refractivity contribution < 1.29 is 33.5 Å². The lowest BCUT2D eigenvalue weighted by Gasteiger charge is -2.39. The number of alkyl carbamates (subject to hydrolysis) is 1. The second-order valence-electron chi connectivity index (χ2n) is 15.4. The first kappa shape index (κ1) is 36.1. The number of hydrogen-bond acceptors (Lipinski definition) is 7. The number of ketones is 1. The van der Waals surface area contributed by atoms with Crippen molar-refractivity contribution in [3.63, 3.8) is 0 Å². The summed E-state index contributed by atoms with van der Waals surface area (Å²) < 4.78 is 5.16. The fourth-order valence-electron chi connectivity index (χ4n) is 6.47. The van der Waals surface area contributed by atoms with Crippen molar-refractivity contribution in [1.82, 2.24) is 26.2 Å². The van der Waals surface area contributed by atoms with Crippen LogP contribution in [0.25, 0.3) is 0 Å². The summed E-state index contributed by atoms with van der Waals surface area (Å²) in [4.78, 5) is 79.3. The number of carbonyl (C=O) groups is 6. The third-order valence-corrected chi connectivity index (χ3v) is 9.73. The largest absolute Gasteiger partial charge is 0.449 e. The Morgan fingerprint density at radius 3 is 2.09 bits per heavy atom. The van der Waals surface area contributed by atoms with E-state index in [0.29, 0.717) is 19.4 Å². The molecule has 1 heterocycles. The van der Waals surface area contributed by atoms with Gasteiger partial charge in [-0.05, 0) is 53.3 Å². The van der Waals surface area contributed by atoms with Crippen LogP contribution in [-0.4, -0.2) is 84.4 Å². The molecule has 6 N–H and O–H groups in total. The van der Waals surface area contributed by atoms with Crippen molar-refractivity contribution in [3.8, 4) is 0 Å². The molecule has 1 aliphatic heterocycles. The zero-order chi connectivity index (χ0) is 34.0. The Labute approximate surface area is 266 Å². The zero-order valence-corrected chi connectivity index (χ0v) is 28.3. The molecule has 1 unspecified atom stereocenters. The van der Waals surface area contributed by atoms with Gasteiger partial charge in [0.1, 0.15) is 18.1 Å². The molecule has 0 aromatic heterocycles. The molecule has 0 aromatic carbocycles. The molecule has 6 amide bonds. The van der Waals surface area contributed by atoms with Crippen molar-refractivity contribution in [1.29, 1.82) is 0 Å². The summed E-state index contributed by atoms with van der Waals surface area (Å²) in [6.07, 6.45) is 1.72. The summed E-state index contributed by atoms with van der Waals surface area (Å²) in [6.45, 7) is 18.0. The lowest BCUT2D eigenvalue weighted by atomic mass is 9.78. The van der Waals surface area contributed by atoms with Crippen LogP contribution in [0.1, 0.15) is 81.6 Å². The lowest BCUT2D eigenvalue weighted by Crippen LogP contribution is -2.62. The van der Waals surface area contributed by atoms with Gasteiger partial charge in [-0.2, -0.15) is 0 Å². The third kappa shape index (κ3) is 8.46. The molecular weight excluding hydrogens is 580 g/mol. The molecule has 3 rings (SSSR count). The van der Waals surface area contributed by atoms with Crippen LogP contribution in [0.5, 0.6) is 0 Å². The van der Waals surface area contributed by atoms with E-state index in [2.05, 4.69) is 21.3 Å². The molecule has 13 nitrogen and oxygen atoms in total. The van der Waals surface area contributed by atoms with E-state index < -0.39 is 65.2 Å². The Balaban J connectivity index is 1.75. The van der Waals surface area contributed by atoms with Crippen LogP contribution in [0, 0.1) is 40.4 Å². The molecule has 254 valence electrons. The molecule has 3 fully saturated rings. The highest BCUT2D eigenvalue weighted by Gasteiger charge is 2.70. The van der Waals surface area contributed by atoms with Crippen molar-refractivity contribution >= 4 is 35.6 Å². The number of rotatable bonds is 13. The minimum atomic E-state index is -1.10. The first-order valence-electron chi connectivity index (χ1n) is 16.2. The summed E-state index contributed by atoms with van der Waals surface area (Å²) in [7, 11) is 0. The highest BCUT2D eigenvalue weighted by atomic mass is 16.5. The summed E-state index contributed by atoms with van der Waals surface area (Å²) in [5.41, 5.74) is 4.40. The summed E-state index contributed by atoms with van der Waals surface area (Å²) >= 11 is 0. The minimum absolute atomic E-state index is 0.0438. The van der Waals surface area contributed by atoms with Gasteiger partial charge in [-0.15, -0.1) is 0 Å². The normalized spacial score (nSPS) is 24.1. The lowest BCUT2D eigenvalue weighted by molar-refractivity contribution is -0.145. The number of urea groups is 1. The van der Waals surface area contributed by atoms with E-state index >= 15 is 0 Å². The number of fused-ring (bicyclic) bond motifs is 1. The molecule has 3 aliphatic rings. The smallest absolute Gasteiger partial charge is 0.407 e. The number of Topliss-reactive ketones (excluding diaryl/α,β-unsaturated/α-hetero) is 1. The van der Waals surface area contributed by atoms with Crippen LogP contribution in [0.2, 0.25) is 0 Å². The molecule has 45 heavy (non-hydrogen) atoms. The van der Waals surface area contributed by atoms with Gasteiger partial charge in [0.15, 0.2) is 0 Å². The van der Waals surface area contributed by atoms with E-state index in [0.717, 1.165) is 6.42 Å². The molecule has 0 radical (unpaired) electrons. The summed E-state index contributed by atoms with van der Waals surface area (Å²) in [5.74, 6) is -2.90. The van der Waals surface area contributed by atoms with E-state index in [1.807, 2.05) is 62.3 Å². The van der Waals surface area contributed by atoms with Crippen LogP contribution in [0.3, 0.4) is 0 Å². The molecule has 13 heteroatoms. The van der Waals surface area contributed by atoms with Crippen molar-refractivity contribution in [2.24, 2.45) is 46.2 Å². The Bertz CT molecular complexity index is 1160. The summed E-state index contributed by atoms with van der Waals surface area (Å²) in [5, 5.41) is 11.2. The SMILES string of the molecule is CC(C)COC(=O)NC[C@@H](NC(=O)N[C@H](C(=O)N1C[C@H]2[C@@H]([C@H]1C(=O)NC(C(=O)C(N)=O)C1CCC1)C2(C)C)C(C)(C)C)C(C)C. The number of likely N-dealkylation sites (tertiary alicyclic amines) is 1. The first-order valence-corrected chi connectivity index (χ1v) is 16.2. The van der Waals surface area contributed by atoms with E-state index in [1.54, 1.807) is 0 Å². The Morgan fingerprint density at radius 2 is 1.60 bits per heavy atom. The van der Waals surface area contributed by atoms with Crippen LogP contribution in [-0.2, 0) is 23.9 Å². The highest BCUT2D eigenvalue weighted by molar-refractivity contribution is 6.38. The highest BCUT2D eigenvalue weighted by Crippen LogP contribution is 2.65. The second kappa shape index (κ2) is 13.9. The molecule has 2 saturated carbocycles. The summed E-state index contributed by atoms with van der Waals surface area (Å²) in [6, 6.07) is -3.90. The average molecular weight is 635 g/mol. The van der Waals surface area contributed by atoms with Crippen LogP contribution >= 0.6 is 0 Å². The second-order valence-corrected chi connectivity index (χ2v) is 15.4. The van der Waals surface area contributed by atoms with Crippen molar-refractivity contribution in [2.45, 2.75) is 106 Å². The molecular formula is C32H54N6O7. The Hall–Kier alpha value is -3.38. The maximum absolute atomic E-state index is 14.2. The maximum Gasteiger partial charge on any atom is 0.407 e. The molecule has 0 bridgehead atoms. The van der Waals surface area contributed by atoms with E-state index in [1.165, 1.54) is 4.90 Å². The van der Waals surface area contributed by atoms with Gasteiger partial charge >= 0.3 is 12.1 Å². The first-order chi connectivity index (χ1) is 20.8. The maximum atomic E-state index is 14.2. The third-order valence-electron chi connectivity index (χ3n) is 9.73. The van der Waals surface area contributed by atoms with Gasteiger partial charge in [-0.1, -0.05) is 68.7 Å². The van der Waals surface area contributed by atoms with Crippen LogP contribution in [0.15, 0.2) is 0 Å². The number of amides is 6. The standard InChI is InChI=1S/C32H54N6O7/c1-16(2)15-45-30(44)34-13-20(17(3)4)35-29(43)37-25(31(5,6)7)28(42)38-14-19-21(32(19,8)9)23(38)27(41)36-22(18-11-10-12-18)24(39)26(33)40/h16-23,25H,10-15H2,1-9H3,(H2,33,40)(H,34,44)(H,36,41)(H2,35,37,43)/t19-,20+,21-,22?,23-,25+/m0/s1. The Kier molecular flexibility index (Phi) is 11.2. The molecule has 0 aromatic rings. The number of carbonyl (C=O) groups excluding carboxylic acids is 6.